The van der Waals surface area contributed by atoms with Crippen LogP contribution in [0.1, 0.15) is 34.0 Å². The monoisotopic (exact) mass is 496 g/mol. The molecular formula is C25H23F3N6O2. The minimum atomic E-state index is -4.75. The highest BCUT2D eigenvalue weighted by molar-refractivity contribution is 5.95. The van der Waals surface area contributed by atoms with Crippen LogP contribution in [-0.2, 0) is 6.54 Å². The van der Waals surface area contributed by atoms with E-state index < -0.39 is 6.36 Å². The van der Waals surface area contributed by atoms with Crippen molar-refractivity contribution in [2.45, 2.75) is 25.2 Å². The number of hydrogen-bond donors (Lipinski definition) is 3. The zero-order chi connectivity index (χ0) is 25.3. The van der Waals surface area contributed by atoms with Gasteiger partial charge in [-0.15, -0.1) is 13.2 Å². The SMILES string of the molecule is Nc1ncc(-c2cccc(C(=O)NCc3ccc(OC(F)(F)F)cc3)c2)n2cc(C3CCNC3)nc12. The zero-order valence-electron chi connectivity index (χ0n) is 19.0. The van der Waals surface area contributed by atoms with Crippen molar-refractivity contribution >= 4 is 17.4 Å². The predicted octanol–water partition coefficient (Wildman–Crippen LogP) is 3.88. The largest absolute Gasteiger partial charge is 0.573 e. The van der Waals surface area contributed by atoms with Crippen LogP contribution in [0.5, 0.6) is 5.75 Å². The summed E-state index contributed by atoms with van der Waals surface area (Å²) in [5.41, 5.74) is 10.2. The van der Waals surface area contributed by atoms with E-state index in [1.54, 1.807) is 24.4 Å². The van der Waals surface area contributed by atoms with Crippen LogP contribution in [0.2, 0.25) is 0 Å². The Morgan fingerprint density at radius 2 is 2.03 bits per heavy atom. The van der Waals surface area contributed by atoms with E-state index in [1.165, 1.54) is 24.3 Å². The Bertz CT molecular complexity index is 1400. The molecule has 1 aliphatic heterocycles. The predicted molar refractivity (Wildman–Crippen MR) is 127 cm³/mol. The number of aromatic nitrogens is 3. The molecule has 1 fully saturated rings. The molecule has 11 heteroatoms. The fourth-order valence-electron chi connectivity index (χ4n) is 4.24. The molecule has 4 aromatic rings. The number of nitrogens with two attached hydrogens (primary N) is 1. The molecule has 186 valence electrons. The first kappa shape index (κ1) is 23.6. The van der Waals surface area contributed by atoms with Gasteiger partial charge in [0.2, 0.25) is 0 Å². The van der Waals surface area contributed by atoms with Crippen LogP contribution in [0.3, 0.4) is 0 Å². The van der Waals surface area contributed by atoms with E-state index in [-0.39, 0.29) is 18.2 Å². The van der Waals surface area contributed by atoms with Crippen LogP contribution in [-0.4, -0.2) is 39.7 Å². The Labute approximate surface area is 204 Å². The van der Waals surface area contributed by atoms with Crippen LogP contribution in [0, 0.1) is 0 Å². The molecule has 1 amide bonds. The van der Waals surface area contributed by atoms with Gasteiger partial charge in [-0.25, -0.2) is 9.97 Å². The van der Waals surface area contributed by atoms with Crippen LogP contribution in [0.25, 0.3) is 16.9 Å². The summed E-state index contributed by atoms with van der Waals surface area (Å²) >= 11 is 0. The molecule has 0 saturated carbocycles. The number of nitrogens with one attached hydrogen (secondary N) is 2. The van der Waals surface area contributed by atoms with Crippen molar-refractivity contribution in [1.29, 1.82) is 0 Å². The number of alkyl halides is 3. The summed E-state index contributed by atoms with van der Waals surface area (Å²) in [6.45, 7) is 1.95. The van der Waals surface area contributed by atoms with Gasteiger partial charge < -0.3 is 21.1 Å². The molecule has 8 nitrogen and oxygen atoms in total. The molecule has 0 radical (unpaired) electrons. The van der Waals surface area contributed by atoms with Crippen LogP contribution in [0.15, 0.2) is 60.9 Å². The Kier molecular flexibility index (Phi) is 6.23. The first-order valence-corrected chi connectivity index (χ1v) is 11.3. The first-order valence-electron chi connectivity index (χ1n) is 11.3. The summed E-state index contributed by atoms with van der Waals surface area (Å²) in [5, 5.41) is 6.12. The van der Waals surface area contributed by atoms with Gasteiger partial charge in [-0.05, 0) is 42.8 Å². The molecule has 1 saturated heterocycles. The highest BCUT2D eigenvalue weighted by Crippen LogP contribution is 2.28. The molecular weight excluding hydrogens is 473 g/mol. The Morgan fingerprint density at radius 3 is 2.75 bits per heavy atom. The van der Waals surface area contributed by atoms with Gasteiger partial charge in [-0.2, -0.15) is 0 Å². The number of amides is 1. The number of hydrogen-bond acceptors (Lipinski definition) is 6. The Morgan fingerprint density at radius 1 is 1.22 bits per heavy atom. The highest BCUT2D eigenvalue weighted by Gasteiger charge is 2.31. The fraction of sp³-hybridized carbons (Fsp3) is 0.240. The molecule has 0 spiro atoms. The summed E-state index contributed by atoms with van der Waals surface area (Å²) in [6, 6.07) is 12.4. The lowest BCUT2D eigenvalue weighted by Crippen LogP contribution is -2.22. The molecule has 4 N–H and O–H groups in total. The normalized spacial score (nSPS) is 15.8. The van der Waals surface area contributed by atoms with Gasteiger partial charge in [0.1, 0.15) is 5.75 Å². The van der Waals surface area contributed by atoms with Crippen LogP contribution >= 0.6 is 0 Å². The van der Waals surface area contributed by atoms with E-state index in [0.29, 0.717) is 28.5 Å². The third kappa shape index (κ3) is 5.10. The van der Waals surface area contributed by atoms with Gasteiger partial charge in [-0.1, -0.05) is 24.3 Å². The van der Waals surface area contributed by atoms with Gasteiger partial charge in [0.25, 0.3) is 5.91 Å². The first-order chi connectivity index (χ1) is 17.3. The number of imidazole rings is 1. The number of rotatable bonds is 6. The second-order valence-electron chi connectivity index (χ2n) is 8.53. The molecule has 0 aliphatic carbocycles. The zero-order valence-corrected chi connectivity index (χ0v) is 19.0. The second kappa shape index (κ2) is 9.50. The average Bonchev–Trinajstić information content (AvgIpc) is 3.54. The lowest BCUT2D eigenvalue weighted by Gasteiger charge is -2.11. The smallest absolute Gasteiger partial charge is 0.406 e. The Hall–Kier alpha value is -4.12. The van der Waals surface area contributed by atoms with Gasteiger partial charge >= 0.3 is 6.36 Å². The van der Waals surface area contributed by atoms with Gasteiger partial charge in [0.05, 0.1) is 17.6 Å². The van der Waals surface area contributed by atoms with Gasteiger partial charge in [0, 0.05) is 36.3 Å². The van der Waals surface area contributed by atoms with Crippen LogP contribution in [0.4, 0.5) is 19.0 Å². The third-order valence-corrected chi connectivity index (χ3v) is 6.05. The number of nitrogen functional groups attached to an aromatic ring is 1. The second-order valence-corrected chi connectivity index (χ2v) is 8.53. The summed E-state index contributed by atoms with van der Waals surface area (Å²) in [6.07, 6.45) is -0.125. The van der Waals surface area contributed by atoms with E-state index >= 15 is 0 Å². The Balaban J connectivity index is 1.33. The lowest BCUT2D eigenvalue weighted by atomic mass is 10.1. The van der Waals surface area contributed by atoms with Crippen molar-refractivity contribution in [2.24, 2.45) is 0 Å². The highest BCUT2D eigenvalue weighted by atomic mass is 19.4. The van der Waals surface area contributed by atoms with E-state index in [9.17, 15) is 18.0 Å². The number of benzene rings is 2. The number of carbonyl (C=O) groups is 1. The minimum absolute atomic E-state index is 0.142. The van der Waals surface area contributed by atoms with Gasteiger partial charge in [-0.3, -0.25) is 9.20 Å². The van der Waals surface area contributed by atoms with Crippen molar-refractivity contribution in [3.05, 3.63) is 77.7 Å². The molecule has 1 atom stereocenters. The topological polar surface area (TPSA) is 107 Å². The van der Waals surface area contributed by atoms with E-state index in [2.05, 4.69) is 20.4 Å². The number of nitrogens with zero attached hydrogens (tertiary/aromatic N) is 3. The summed E-state index contributed by atoms with van der Waals surface area (Å²) in [7, 11) is 0. The number of fused-ring (bicyclic) bond motifs is 1. The molecule has 2 aromatic carbocycles. The molecule has 5 rings (SSSR count). The standard InChI is InChI=1S/C25H23F3N6O2/c26-25(27,28)36-19-6-4-15(5-7-19)11-32-24(35)17-3-1-2-16(10-17)21-13-31-22(29)23-33-20(14-34(21)23)18-8-9-30-12-18/h1-7,10,13-14,18,30H,8-9,11-12H2,(H2,29,31)(H,32,35). The minimum Gasteiger partial charge on any atom is -0.406 e. The molecule has 1 unspecified atom stereocenters. The number of ether oxygens (including phenoxy) is 1. The van der Waals surface area contributed by atoms with Crippen molar-refractivity contribution in [2.75, 3.05) is 18.8 Å². The summed E-state index contributed by atoms with van der Waals surface area (Å²) in [4.78, 5) is 21.8. The number of halogens is 3. The lowest BCUT2D eigenvalue weighted by molar-refractivity contribution is -0.274. The number of anilines is 1. The number of carbonyl (C=O) groups excluding carboxylic acids is 1. The van der Waals surface area contributed by atoms with E-state index in [4.69, 9.17) is 10.7 Å². The maximum absolute atomic E-state index is 12.8. The maximum atomic E-state index is 12.8. The molecule has 36 heavy (non-hydrogen) atoms. The molecule has 1 aliphatic rings. The average molecular weight is 496 g/mol. The van der Waals surface area contributed by atoms with E-state index in [1.807, 2.05) is 16.7 Å². The van der Waals surface area contributed by atoms with Crippen molar-refractivity contribution < 1.29 is 22.7 Å². The molecule has 0 bridgehead atoms. The summed E-state index contributed by atoms with van der Waals surface area (Å²) in [5.74, 6) is -0.00382. The quantitative estimate of drug-likeness (QED) is 0.374. The summed E-state index contributed by atoms with van der Waals surface area (Å²) < 4.78 is 42.7. The van der Waals surface area contributed by atoms with Crippen molar-refractivity contribution in [3.63, 3.8) is 0 Å². The maximum Gasteiger partial charge on any atom is 0.573 e. The van der Waals surface area contributed by atoms with Gasteiger partial charge in [0.15, 0.2) is 11.5 Å². The van der Waals surface area contributed by atoms with Crippen LogP contribution < -0.4 is 21.1 Å². The third-order valence-electron chi connectivity index (χ3n) is 6.05. The van der Waals surface area contributed by atoms with Crippen molar-refractivity contribution in [1.82, 2.24) is 25.0 Å². The van der Waals surface area contributed by atoms with E-state index in [0.717, 1.165) is 36.5 Å². The molecule has 2 aromatic heterocycles. The fourth-order valence-corrected chi connectivity index (χ4v) is 4.24. The molecule has 3 heterocycles. The van der Waals surface area contributed by atoms with Crippen molar-refractivity contribution in [3.8, 4) is 17.0 Å².